The summed E-state index contributed by atoms with van der Waals surface area (Å²) in [5, 5.41) is 8.10. The van der Waals surface area contributed by atoms with Crippen LogP contribution in [0.4, 0.5) is 0 Å². The molecule has 3 heterocycles. The van der Waals surface area contributed by atoms with Gasteiger partial charge in [0.05, 0.1) is 17.8 Å². The molecule has 8 heteroatoms. The highest BCUT2D eigenvalue weighted by molar-refractivity contribution is 6.00. The van der Waals surface area contributed by atoms with Gasteiger partial charge in [-0.25, -0.2) is 0 Å². The highest BCUT2D eigenvalue weighted by atomic mass is 16.6. The molecule has 2 fully saturated rings. The molecule has 0 bridgehead atoms. The molecule has 4 rings (SSSR count). The lowest BCUT2D eigenvalue weighted by Crippen LogP contribution is -2.42. The van der Waals surface area contributed by atoms with E-state index in [1.807, 2.05) is 33.8 Å². The first kappa shape index (κ1) is 22.5. The second-order valence-corrected chi connectivity index (χ2v) is 9.91. The van der Waals surface area contributed by atoms with Gasteiger partial charge in [0, 0.05) is 11.8 Å². The zero-order valence-corrected chi connectivity index (χ0v) is 19.3. The summed E-state index contributed by atoms with van der Waals surface area (Å²) in [6, 6.07) is 5.90. The molecule has 0 aliphatic carbocycles. The van der Waals surface area contributed by atoms with Crippen LogP contribution >= 0.6 is 0 Å². The summed E-state index contributed by atoms with van der Waals surface area (Å²) in [5.74, 6) is -0.256. The number of imide groups is 1. The summed E-state index contributed by atoms with van der Waals surface area (Å²) < 4.78 is 7.21. The van der Waals surface area contributed by atoms with E-state index >= 15 is 0 Å². The van der Waals surface area contributed by atoms with Crippen LogP contribution < -0.4 is 5.32 Å². The monoisotopic (exact) mass is 440 g/mol. The number of fused-ring (bicyclic) bond motifs is 1. The molecule has 2 amide bonds. The van der Waals surface area contributed by atoms with Crippen LogP contribution in [0.2, 0.25) is 0 Å². The van der Waals surface area contributed by atoms with E-state index in [0.717, 1.165) is 42.5 Å². The highest BCUT2D eigenvalue weighted by Crippen LogP contribution is 2.33. The molecule has 0 spiro atoms. The van der Waals surface area contributed by atoms with E-state index in [1.165, 1.54) is 5.56 Å². The Morgan fingerprint density at radius 2 is 1.91 bits per heavy atom. The van der Waals surface area contributed by atoms with Gasteiger partial charge in [0.2, 0.25) is 5.91 Å². The predicted octanol–water partition coefficient (Wildman–Crippen LogP) is 2.84. The van der Waals surface area contributed by atoms with Gasteiger partial charge in [-0.1, -0.05) is 6.07 Å². The number of aryl methyl sites for hydroxylation is 1. The number of likely N-dealkylation sites (tertiary alicyclic amines) is 1. The maximum atomic E-state index is 12.3. The van der Waals surface area contributed by atoms with Gasteiger partial charge in [-0.05, 0) is 83.7 Å². The Labute approximate surface area is 188 Å². The average Bonchev–Trinajstić information content (AvgIpc) is 3.03. The summed E-state index contributed by atoms with van der Waals surface area (Å²) in [7, 11) is 0. The van der Waals surface area contributed by atoms with E-state index in [9.17, 15) is 14.4 Å². The van der Waals surface area contributed by atoms with E-state index < -0.39 is 11.6 Å². The van der Waals surface area contributed by atoms with Crippen LogP contribution in [0.1, 0.15) is 69.7 Å². The van der Waals surface area contributed by atoms with E-state index in [2.05, 4.69) is 27.4 Å². The minimum atomic E-state index is -0.457. The molecular weight excluding hydrogens is 408 g/mol. The number of nitrogens with one attached hydrogen (secondary N) is 1. The largest absolute Gasteiger partial charge is 0.459 e. The number of nitrogens with zero attached hydrogens (tertiary/aromatic N) is 3. The van der Waals surface area contributed by atoms with Gasteiger partial charge < -0.3 is 4.74 Å². The summed E-state index contributed by atoms with van der Waals surface area (Å²) in [4.78, 5) is 38.1. The lowest BCUT2D eigenvalue weighted by Gasteiger charge is -2.32. The molecule has 1 unspecified atom stereocenters. The molecule has 2 saturated heterocycles. The molecule has 1 atom stereocenters. The maximum absolute atomic E-state index is 12.3. The molecule has 1 N–H and O–H groups in total. The number of esters is 1. The molecule has 0 saturated carbocycles. The molecule has 1 aromatic carbocycles. The third-order valence-corrected chi connectivity index (χ3v) is 6.25. The maximum Gasteiger partial charge on any atom is 0.320 e. The van der Waals surface area contributed by atoms with E-state index in [4.69, 9.17) is 4.74 Å². The van der Waals surface area contributed by atoms with E-state index in [0.29, 0.717) is 25.3 Å². The SMILES string of the molecule is Cc1nn(C2CCC(=O)NC2=O)c2ccc(C3CCN(CC(=O)OC(C)(C)C)CC3)cc12. The van der Waals surface area contributed by atoms with Gasteiger partial charge in [-0.2, -0.15) is 5.10 Å². The minimum absolute atomic E-state index is 0.172. The van der Waals surface area contributed by atoms with E-state index in [-0.39, 0.29) is 17.8 Å². The van der Waals surface area contributed by atoms with Gasteiger partial charge in [-0.3, -0.25) is 29.3 Å². The fourth-order valence-corrected chi connectivity index (χ4v) is 4.70. The lowest BCUT2D eigenvalue weighted by molar-refractivity contribution is -0.156. The van der Waals surface area contributed by atoms with Crippen molar-refractivity contribution in [3.8, 4) is 0 Å². The second-order valence-electron chi connectivity index (χ2n) is 9.91. The summed E-state index contributed by atoms with van der Waals surface area (Å²) in [6.07, 6.45) is 2.76. The number of amides is 2. The molecule has 2 aromatic rings. The molecule has 8 nitrogen and oxygen atoms in total. The van der Waals surface area contributed by atoms with Gasteiger partial charge in [-0.15, -0.1) is 0 Å². The van der Waals surface area contributed by atoms with Crippen molar-refractivity contribution in [2.75, 3.05) is 19.6 Å². The van der Waals surface area contributed by atoms with Crippen molar-refractivity contribution < 1.29 is 19.1 Å². The van der Waals surface area contributed by atoms with Crippen molar-refractivity contribution in [1.29, 1.82) is 0 Å². The molecular formula is C24H32N4O4. The Morgan fingerprint density at radius 1 is 1.19 bits per heavy atom. The fourth-order valence-electron chi connectivity index (χ4n) is 4.70. The zero-order valence-electron chi connectivity index (χ0n) is 19.3. The second kappa shape index (κ2) is 8.65. The number of aromatic nitrogens is 2. The van der Waals surface area contributed by atoms with Crippen LogP contribution in [-0.4, -0.2) is 57.7 Å². The van der Waals surface area contributed by atoms with E-state index in [1.54, 1.807) is 4.68 Å². The molecule has 0 radical (unpaired) electrons. The molecule has 2 aliphatic heterocycles. The minimum Gasteiger partial charge on any atom is -0.459 e. The smallest absolute Gasteiger partial charge is 0.320 e. The number of hydrogen-bond acceptors (Lipinski definition) is 6. The number of piperidine rings is 2. The van der Waals surface area contributed by atoms with Crippen LogP contribution in [0.5, 0.6) is 0 Å². The summed E-state index contributed by atoms with van der Waals surface area (Å²) in [6.45, 7) is 9.67. The number of carbonyl (C=O) groups excluding carboxylic acids is 3. The van der Waals surface area contributed by atoms with Gasteiger partial charge in [0.1, 0.15) is 11.6 Å². The first-order valence-electron chi connectivity index (χ1n) is 11.4. The van der Waals surface area contributed by atoms with Crippen molar-refractivity contribution >= 4 is 28.7 Å². The van der Waals surface area contributed by atoms with Crippen LogP contribution in [0.3, 0.4) is 0 Å². The van der Waals surface area contributed by atoms with Crippen molar-refractivity contribution in [1.82, 2.24) is 20.0 Å². The molecule has 1 aromatic heterocycles. The number of carbonyl (C=O) groups is 3. The van der Waals surface area contributed by atoms with Crippen molar-refractivity contribution in [2.24, 2.45) is 0 Å². The Kier molecular flexibility index (Phi) is 6.07. The number of hydrogen-bond donors (Lipinski definition) is 1. The summed E-state index contributed by atoms with van der Waals surface area (Å²) in [5.41, 5.74) is 2.61. The topological polar surface area (TPSA) is 93.5 Å². The van der Waals surface area contributed by atoms with Crippen LogP contribution in [0.15, 0.2) is 18.2 Å². The quantitative estimate of drug-likeness (QED) is 0.580. The number of rotatable bonds is 4. The first-order valence-corrected chi connectivity index (χ1v) is 11.4. The van der Waals surface area contributed by atoms with Gasteiger partial charge in [0.25, 0.3) is 5.91 Å². The Morgan fingerprint density at radius 3 is 2.56 bits per heavy atom. The normalized spacial score (nSPS) is 21.1. The highest BCUT2D eigenvalue weighted by Gasteiger charge is 2.31. The van der Waals surface area contributed by atoms with Crippen LogP contribution in [-0.2, 0) is 19.1 Å². The fraction of sp³-hybridized carbons (Fsp3) is 0.583. The standard InChI is InChI=1S/C24H32N4O4/c1-15-18-13-17(16-9-11-27(12-10-16)14-22(30)32-24(2,3)4)5-6-19(18)28(26-15)20-7-8-21(29)25-23(20)31/h5-6,13,16,20H,7-12,14H2,1-4H3,(H,25,29,31). The number of benzene rings is 1. The van der Waals surface area contributed by atoms with Gasteiger partial charge >= 0.3 is 5.97 Å². The van der Waals surface area contributed by atoms with Gasteiger partial charge in [0.15, 0.2) is 0 Å². The van der Waals surface area contributed by atoms with Crippen molar-refractivity contribution in [3.63, 3.8) is 0 Å². The third kappa shape index (κ3) is 4.85. The lowest BCUT2D eigenvalue weighted by atomic mass is 9.88. The van der Waals surface area contributed by atoms with Crippen LogP contribution in [0.25, 0.3) is 10.9 Å². The Balaban J connectivity index is 1.44. The summed E-state index contributed by atoms with van der Waals surface area (Å²) >= 11 is 0. The average molecular weight is 441 g/mol. The zero-order chi connectivity index (χ0) is 23.0. The first-order chi connectivity index (χ1) is 15.1. The predicted molar refractivity (Wildman–Crippen MR) is 120 cm³/mol. The van der Waals surface area contributed by atoms with Crippen molar-refractivity contribution in [3.05, 3.63) is 29.5 Å². The third-order valence-electron chi connectivity index (χ3n) is 6.25. The number of ether oxygens (including phenoxy) is 1. The molecule has 2 aliphatic rings. The Hall–Kier alpha value is -2.74. The van der Waals surface area contributed by atoms with Crippen molar-refractivity contribution in [2.45, 2.75) is 70.9 Å². The molecule has 32 heavy (non-hydrogen) atoms. The molecule has 172 valence electrons. The van der Waals surface area contributed by atoms with Crippen LogP contribution in [0, 0.1) is 6.92 Å². The Bertz CT molecular complexity index is 1040.